The molecule has 0 aromatic carbocycles. The zero-order valence-corrected chi connectivity index (χ0v) is 21.0. The van der Waals surface area contributed by atoms with Gasteiger partial charge in [-0.25, -0.2) is 11.0 Å². The molecule has 8 atom stereocenters. The van der Waals surface area contributed by atoms with E-state index in [1.165, 1.54) is 56.5 Å². The molecule has 4 aliphatic rings. The molecule has 4 rings (SSSR count). The van der Waals surface area contributed by atoms with Crippen LogP contribution >= 0.6 is 0 Å². The molecule has 4 aliphatic carbocycles. The van der Waals surface area contributed by atoms with Gasteiger partial charge in [0, 0.05) is 5.92 Å². The first-order chi connectivity index (χ1) is 14.6. The number of hydrazone groups is 1. The molecule has 0 radical (unpaired) electrons. The number of rotatable bonds is 4. The van der Waals surface area contributed by atoms with E-state index in [0.29, 0.717) is 17.2 Å². The molecule has 4 N–H and O–H groups in total. The summed E-state index contributed by atoms with van der Waals surface area (Å²) >= 11 is 0. The number of ketones is 1. The number of carbonyl (C=O) groups is 1. The number of hydrogen-bond acceptors (Lipinski definition) is 4. The van der Waals surface area contributed by atoms with Crippen LogP contribution in [0.1, 0.15) is 99.3 Å². The Bertz CT molecular complexity index is 674. The molecule has 4 saturated carbocycles. The fourth-order valence-corrected chi connectivity index (χ4v) is 8.51. The molecular formula is C26H48N4O. The van der Waals surface area contributed by atoms with E-state index in [4.69, 9.17) is 11.6 Å². The molecule has 0 bridgehead atoms. The largest absolute Gasteiger partial charge is 0.386 e. The van der Waals surface area contributed by atoms with E-state index in [1.807, 2.05) is 13.8 Å². The fourth-order valence-electron chi connectivity index (χ4n) is 8.51. The number of hydrogen-bond donors (Lipinski definition) is 2. The SMILES string of the molecule is C/C(N)=N/N(N)CC(=O)C1CCC2C3CCC4CC(C)CCC4(C)C3CCC12C.CC. The van der Waals surface area contributed by atoms with Gasteiger partial charge in [-0.2, -0.15) is 0 Å². The van der Waals surface area contributed by atoms with E-state index >= 15 is 0 Å². The van der Waals surface area contributed by atoms with Gasteiger partial charge in [0.25, 0.3) is 0 Å². The zero-order chi connectivity index (χ0) is 23.0. The average Bonchev–Trinajstić information content (AvgIpc) is 3.06. The summed E-state index contributed by atoms with van der Waals surface area (Å²) in [7, 11) is 0. The maximum atomic E-state index is 13.2. The molecule has 8 unspecified atom stereocenters. The highest BCUT2D eigenvalue weighted by Gasteiger charge is 2.60. The maximum Gasteiger partial charge on any atom is 0.159 e. The van der Waals surface area contributed by atoms with Crippen LogP contribution in [0, 0.1) is 46.3 Å². The summed E-state index contributed by atoms with van der Waals surface area (Å²) in [5.41, 5.74) is 6.31. The number of Topliss-reactive ketones (excluding diaryl/α,β-unsaturated/α-hetero) is 1. The summed E-state index contributed by atoms with van der Waals surface area (Å²) in [6, 6.07) is 0. The Morgan fingerprint density at radius 2 is 1.65 bits per heavy atom. The Morgan fingerprint density at radius 3 is 2.32 bits per heavy atom. The van der Waals surface area contributed by atoms with Gasteiger partial charge in [-0.1, -0.05) is 41.0 Å². The standard InChI is InChI=1S/C24H42N4O.C2H6/c1-15-9-11-23(3)17(13-15)5-6-18-19-7-8-21(24(19,4)12-10-20(18)23)22(29)14-28(26)27-16(2)25;1-2/h15,17-21H,5-14,26H2,1-4H3,(H2,25,27);1-2H3. The highest BCUT2D eigenvalue weighted by atomic mass is 16.1. The van der Waals surface area contributed by atoms with Crippen LogP contribution in [0.25, 0.3) is 0 Å². The Labute approximate surface area is 190 Å². The van der Waals surface area contributed by atoms with E-state index < -0.39 is 0 Å². The zero-order valence-electron chi connectivity index (χ0n) is 21.0. The third-order valence-electron chi connectivity index (χ3n) is 9.92. The van der Waals surface area contributed by atoms with Gasteiger partial charge >= 0.3 is 0 Å². The van der Waals surface area contributed by atoms with Crippen LogP contribution in [0.2, 0.25) is 0 Å². The van der Waals surface area contributed by atoms with Crippen molar-refractivity contribution < 1.29 is 4.79 Å². The van der Waals surface area contributed by atoms with Gasteiger partial charge in [0.05, 0.1) is 0 Å². The van der Waals surface area contributed by atoms with Gasteiger partial charge in [-0.05, 0) is 98.7 Å². The lowest BCUT2D eigenvalue weighted by Crippen LogP contribution is -2.54. The topological polar surface area (TPSA) is 84.7 Å². The number of nitrogens with zero attached hydrogens (tertiary/aromatic N) is 2. The quantitative estimate of drug-likeness (QED) is 0.272. The van der Waals surface area contributed by atoms with E-state index in [9.17, 15) is 4.79 Å². The third kappa shape index (κ3) is 4.41. The fraction of sp³-hybridized carbons (Fsp3) is 0.923. The van der Waals surface area contributed by atoms with Crippen molar-refractivity contribution >= 4 is 11.6 Å². The van der Waals surface area contributed by atoms with Gasteiger partial charge in [0.1, 0.15) is 12.4 Å². The second-order valence-electron chi connectivity index (χ2n) is 11.5. The third-order valence-corrected chi connectivity index (χ3v) is 9.92. The minimum Gasteiger partial charge on any atom is -0.386 e. The molecule has 178 valence electrons. The van der Waals surface area contributed by atoms with E-state index in [2.05, 4.69) is 25.9 Å². The molecule has 5 heteroatoms. The van der Waals surface area contributed by atoms with Crippen LogP contribution in [0.5, 0.6) is 0 Å². The number of amidine groups is 1. The van der Waals surface area contributed by atoms with E-state index in [0.717, 1.165) is 30.1 Å². The first kappa shape index (κ1) is 24.5. The second-order valence-corrected chi connectivity index (χ2v) is 11.5. The van der Waals surface area contributed by atoms with Crippen LogP contribution in [0.3, 0.4) is 0 Å². The summed E-state index contributed by atoms with van der Waals surface area (Å²) in [5.74, 6) is 10.9. The summed E-state index contributed by atoms with van der Waals surface area (Å²) in [5, 5.41) is 5.26. The average molecular weight is 433 g/mol. The van der Waals surface area contributed by atoms with Gasteiger partial charge in [0.2, 0.25) is 0 Å². The molecule has 0 aliphatic heterocycles. The smallest absolute Gasteiger partial charge is 0.159 e. The number of nitrogens with two attached hydrogens (primary N) is 2. The van der Waals surface area contributed by atoms with Crippen molar-refractivity contribution in [2.45, 2.75) is 99.3 Å². The highest BCUT2D eigenvalue weighted by molar-refractivity contribution is 5.84. The molecule has 4 fully saturated rings. The lowest BCUT2D eigenvalue weighted by atomic mass is 9.44. The maximum absolute atomic E-state index is 13.2. The van der Waals surface area contributed by atoms with E-state index in [1.54, 1.807) is 6.92 Å². The molecule has 5 nitrogen and oxygen atoms in total. The van der Waals surface area contributed by atoms with Crippen molar-refractivity contribution in [3.63, 3.8) is 0 Å². The van der Waals surface area contributed by atoms with Crippen LogP contribution in [0.15, 0.2) is 5.10 Å². The molecule has 0 amide bonds. The van der Waals surface area contributed by atoms with E-state index in [-0.39, 0.29) is 23.7 Å². The van der Waals surface area contributed by atoms with Crippen molar-refractivity contribution in [1.82, 2.24) is 5.12 Å². The summed E-state index contributed by atoms with van der Waals surface area (Å²) in [6.07, 6.45) is 11.8. The van der Waals surface area contributed by atoms with Crippen molar-refractivity contribution in [2.24, 2.45) is 63.0 Å². The van der Waals surface area contributed by atoms with Gasteiger partial charge < -0.3 is 5.73 Å². The predicted molar refractivity (Wildman–Crippen MR) is 129 cm³/mol. The number of carbonyl (C=O) groups excluding carboxylic acids is 1. The summed E-state index contributed by atoms with van der Waals surface area (Å²) < 4.78 is 0. The Balaban J connectivity index is 0.00000132. The van der Waals surface area contributed by atoms with Crippen molar-refractivity contribution in [1.29, 1.82) is 0 Å². The van der Waals surface area contributed by atoms with Gasteiger partial charge in [-0.3, -0.25) is 4.79 Å². The molecule has 0 aromatic heterocycles. The monoisotopic (exact) mass is 432 g/mol. The lowest BCUT2D eigenvalue weighted by molar-refractivity contribution is -0.137. The molecular weight excluding hydrogens is 384 g/mol. The Kier molecular flexibility index (Phi) is 7.45. The number of fused-ring (bicyclic) bond motifs is 5. The second kappa shape index (κ2) is 9.41. The Morgan fingerprint density at radius 1 is 1.00 bits per heavy atom. The lowest BCUT2D eigenvalue weighted by Gasteiger charge is -2.61. The summed E-state index contributed by atoms with van der Waals surface area (Å²) in [6.45, 7) is 13.4. The Hall–Kier alpha value is -1.10. The van der Waals surface area contributed by atoms with Gasteiger partial charge in [0.15, 0.2) is 5.78 Å². The first-order valence-electron chi connectivity index (χ1n) is 13.0. The minimum absolute atomic E-state index is 0.129. The summed E-state index contributed by atoms with van der Waals surface area (Å²) in [4.78, 5) is 13.2. The normalized spacial score (nSPS) is 44.3. The van der Waals surface area contributed by atoms with Crippen molar-refractivity contribution in [2.75, 3.05) is 6.54 Å². The van der Waals surface area contributed by atoms with Gasteiger partial charge in [-0.15, -0.1) is 5.10 Å². The van der Waals surface area contributed by atoms with Crippen LogP contribution in [0.4, 0.5) is 0 Å². The minimum atomic E-state index is 0.129. The molecule has 0 spiro atoms. The molecule has 0 heterocycles. The predicted octanol–water partition coefficient (Wildman–Crippen LogP) is 5.34. The molecule has 31 heavy (non-hydrogen) atoms. The van der Waals surface area contributed by atoms with Crippen LogP contribution < -0.4 is 11.6 Å². The molecule has 0 saturated heterocycles. The van der Waals surface area contributed by atoms with Crippen LogP contribution in [-0.2, 0) is 4.79 Å². The van der Waals surface area contributed by atoms with Crippen molar-refractivity contribution in [3.8, 4) is 0 Å². The molecule has 0 aromatic rings. The highest BCUT2D eigenvalue weighted by Crippen LogP contribution is 2.67. The number of hydrazine groups is 1. The van der Waals surface area contributed by atoms with Crippen LogP contribution in [-0.4, -0.2) is 23.3 Å². The first-order valence-corrected chi connectivity index (χ1v) is 13.0. The van der Waals surface area contributed by atoms with Crippen molar-refractivity contribution in [3.05, 3.63) is 0 Å².